The molecule has 0 amide bonds. The fourth-order valence-electron chi connectivity index (χ4n) is 2.40. The molecule has 24 heavy (non-hydrogen) atoms. The number of fused-ring (bicyclic) bond motifs is 1. The van der Waals surface area contributed by atoms with Crippen LogP contribution in [0.1, 0.15) is 5.56 Å². The molecule has 2 aromatic carbocycles. The molecule has 0 saturated heterocycles. The van der Waals surface area contributed by atoms with Gasteiger partial charge < -0.3 is 5.32 Å². The fraction of sp³-hybridized carbons (Fsp3) is 0.143. The molecule has 0 saturated carbocycles. The number of hydrogen-bond donors (Lipinski definition) is 3. The minimum atomic E-state index is -3.69. The van der Waals surface area contributed by atoms with Gasteiger partial charge in [0.25, 0.3) is 0 Å². The van der Waals surface area contributed by atoms with Crippen LogP contribution < -0.4 is 15.9 Å². The first-order valence-electron chi connectivity index (χ1n) is 6.86. The van der Waals surface area contributed by atoms with Gasteiger partial charge in [0.2, 0.25) is 10.0 Å². The van der Waals surface area contributed by atoms with Gasteiger partial charge in [-0.3, -0.25) is 0 Å². The highest BCUT2D eigenvalue weighted by Crippen LogP contribution is 2.37. The van der Waals surface area contributed by atoms with Crippen molar-refractivity contribution in [2.45, 2.75) is 22.4 Å². The van der Waals surface area contributed by atoms with Crippen LogP contribution in [-0.2, 0) is 25.8 Å². The van der Waals surface area contributed by atoms with Crippen LogP contribution >= 0.6 is 23.6 Å². The highest BCUT2D eigenvalue weighted by molar-refractivity contribution is 7.94. The second-order valence-electron chi connectivity index (χ2n) is 5.03. The van der Waals surface area contributed by atoms with Gasteiger partial charge in [0.15, 0.2) is 0 Å². The van der Waals surface area contributed by atoms with Crippen LogP contribution in [0, 0.1) is 0 Å². The van der Waals surface area contributed by atoms with Crippen LogP contribution in [0.3, 0.4) is 0 Å². The van der Waals surface area contributed by atoms with Gasteiger partial charge in [0, 0.05) is 6.42 Å². The van der Waals surface area contributed by atoms with Crippen molar-refractivity contribution in [1.82, 2.24) is 4.72 Å². The maximum Gasteiger partial charge on any atom is 0.244 e. The first-order chi connectivity index (χ1) is 11.5. The summed E-state index contributed by atoms with van der Waals surface area (Å²) in [5, 5.41) is 3.46. The van der Waals surface area contributed by atoms with E-state index < -0.39 is 16.2 Å². The Kier molecular flexibility index (Phi) is 5.30. The van der Waals surface area contributed by atoms with E-state index in [-0.39, 0.29) is 4.90 Å². The molecule has 1 unspecified atom stereocenters. The van der Waals surface area contributed by atoms with E-state index in [1.807, 2.05) is 30.3 Å². The van der Waals surface area contributed by atoms with Crippen molar-refractivity contribution < 1.29 is 17.7 Å². The first-order valence-corrected chi connectivity index (χ1v) is 9.46. The molecular weight excluding hydrogens is 374 g/mol. The lowest BCUT2D eigenvalue weighted by Gasteiger charge is -2.28. The fourth-order valence-corrected chi connectivity index (χ4v) is 4.47. The van der Waals surface area contributed by atoms with Crippen LogP contribution in [0.2, 0.25) is 5.02 Å². The molecule has 0 spiro atoms. The lowest BCUT2D eigenvalue weighted by molar-refractivity contribution is -0.195. The third-order valence-corrected chi connectivity index (χ3v) is 6.00. The zero-order chi connectivity index (χ0) is 17.2. The number of rotatable bonds is 5. The second kappa shape index (κ2) is 7.28. The Morgan fingerprint density at radius 1 is 1.25 bits per heavy atom. The molecular formula is C14H14ClN3O4S2. The summed E-state index contributed by atoms with van der Waals surface area (Å²) < 4.78 is 32.2. The normalized spacial score (nSPS) is 18.7. The molecule has 0 bridgehead atoms. The third kappa shape index (κ3) is 3.83. The quantitative estimate of drug-likeness (QED) is 0.411. The largest absolute Gasteiger partial charge is 0.367 e. The number of nitrogens with one attached hydrogen (secondary N) is 2. The maximum absolute atomic E-state index is 12.5. The predicted octanol–water partition coefficient (Wildman–Crippen LogP) is 2.44. The Hall–Kier alpha value is -1.33. The molecule has 128 valence electrons. The molecule has 10 heteroatoms. The summed E-state index contributed by atoms with van der Waals surface area (Å²) in [6.07, 6.45) is 0.0284. The molecule has 0 aromatic heterocycles. The van der Waals surface area contributed by atoms with Gasteiger partial charge in [-0.05, 0) is 17.7 Å². The Morgan fingerprint density at radius 2 is 2.00 bits per heavy atom. The summed E-state index contributed by atoms with van der Waals surface area (Å²) in [5.41, 5.74) is 1.44. The van der Waals surface area contributed by atoms with Gasteiger partial charge in [-0.15, -0.1) is 9.32 Å². The molecule has 0 radical (unpaired) electrons. The molecule has 1 aliphatic heterocycles. The zero-order valence-electron chi connectivity index (χ0n) is 12.2. The summed E-state index contributed by atoms with van der Waals surface area (Å²) in [4.78, 5) is 4.46. The Labute approximate surface area is 148 Å². The molecule has 3 rings (SSSR count). The number of anilines is 1. The molecule has 4 N–H and O–H groups in total. The smallest absolute Gasteiger partial charge is 0.244 e. The SMILES string of the molecule is NOOSc1cc2c(cc1Cl)NC(Cc1ccccc1)NS2(=O)=O. The number of hydrogen-bond acceptors (Lipinski definition) is 7. The standard InChI is InChI=1S/C14H14ClN3O4S2/c15-10-7-11-13(8-12(10)23-22-21-16)24(19,20)18-14(17-11)6-9-4-2-1-3-5-9/h1-5,7-8,14,17-18H,6,16H2. The minimum Gasteiger partial charge on any atom is -0.367 e. The number of halogens is 1. The Morgan fingerprint density at radius 3 is 2.71 bits per heavy atom. The molecule has 0 aliphatic carbocycles. The van der Waals surface area contributed by atoms with Crippen molar-refractivity contribution in [3.8, 4) is 0 Å². The Balaban J connectivity index is 1.89. The summed E-state index contributed by atoms with van der Waals surface area (Å²) in [6.45, 7) is 0. The average Bonchev–Trinajstić information content (AvgIpc) is 2.53. The number of nitrogens with two attached hydrogens (primary N) is 1. The summed E-state index contributed by atoms with van der Waals surface area (Å²) in [6, 6.07) is 12.5. The van der Waals surface area contributed by atoms with Crippen molar-refractivity contribution in [3.63, 3.8) is 0 Å². The van der Waals surface area contributed by atoms with E-state index >= 15 is 0 Å². The lowest BCUT2D eigenvalue weighted by atomic mass is 10.1. The van der Waals surface area contributed by atoms with Gasteiger partial charge >= 0.3 is 0 Å². The van der Waals surface area contributed by atoms with Gasteiger partial charge in [-0.1, -0.05) is 41.9 Å². The van der Waals surface area contributed by atoms with Crippen molar-refractivity contribution in [2.24, 2.45) is 5.90 Å². The lowest BCUT2D eigenvalue weighted by Crippen LogP contribution is -2.46. The van der Waals surface area contributed by atoms with Gasteiger partial charge in [-0.25, -0.2) is 8.42 Å². The van der Waals surface area contributed by atoms with Crippen LogP contribution in [0.4, 0.5) is 5.69 Å². The van der Waals surface area contributed by atoms with E-state index in [1.165, 1.54) is 12.1 Å². The summed E-state index contributed by atoms with van der Waals surface area (Å²) in [7, 11) is -3.69. The maximum atomic E-state index is 12.5. The highest BCUT2D eigenvalue weighted by Gasteiger charge is 2.30. The highest BCUT2D eigenvalue weighted by atomic mass is 35.5. The van der Waals surface area contributed by atoms with Crippen LogP contribution in [-0.4, -0.2) is 14.6 Å². The molecule has 0 fully saturated rings. The first kappa shape index (κ1) is 17.5. The molecule has 7 nitrogen and oxygen atoms in total. The molecule has 1 aliphatic rings. The van der Waals surface area contributed by atoms with Gasteiger partial charge in [0.05, 0.1) is 33.8 Å². The van der Waals surface area contributed by atoms with Crippen molar-refractivity contribution in [1.29, 1.82) is 0 Å². The number of benzene rings is 2. The van der Waals surface area contributed by atoms with Crippen LogP contribution in [0.25, 0.3) is 0 Å². The van der Waals surface area contributed by atoms with E-state index in [0.29, 0.717) is 22.0 Å². The second-order valence-corrected chi connectivity index (χ2v) is 7.87. The van der Waals surface area contributed by atoms with Crippen LogP contribution in [0.5, 0.6) is 0 Å². The van der Waals surface area contributed by atoms with Crippen molar-refractivity contribution >= 4 is 39.4 Å². The number of sulfonamides is 1. The van der Waals surface area contributed by atoms with Gasteiger partial charge in [-0.2, -0.15) is 10.6 Å². The van der Waals surface area contributed by atoms with Crippen LogP contribution in [0.15, 0.2) is 52.3 Å². The van der Waals surface area contributed by atoms with Crippen molar-refractivity contribution in [2.75, 3.05) is 5.32 Å². The van der Waals surface area contributed by atoms with E-state index in [9.17, 15) is 8.42 Å². The minimum absolute atomic E-state index is 0.0827. The average molecular weight is 388 g/mol. The summed E-state index contributed by atoms with van der Waals surface area (Å²) >= 11 is 6.87. The van der Waals surface area contributed by atoms with Crippen molar-refractivity contribution in [3.05, 3.63) is 53.1 Å². The topological polar surface area (TPSA) is 103 Å². The molecule has 2 aromatic rings. The summed E-state index contributed by atoms with van der Waals surface area (Å²) in [5.74, 6) is 4.78. The third-order valence-electron chi connectivity index (χ3n) is 3.40. The molecule has 1 heterocycles. The Bertz CT molecular complexity index is 833. The predicted molar refractivity (Wildman–Crippen MR) is 91.5 cm³/mol. The zero-order valence-corrected chi connectivity index (χ0v) is 14.6. The van der Waals surface area contributed by atoms with E-state index in [4.69, 9.17) is 17.5 Å². The van der Waals surface area contributed by atoms with E-state index in [1.54, 1.807) is 0 Å². The van der Waals surface area contributed by atoms with E-state index in [2.05, 4.69) is 19.4 Å². The monoisotopic (exact) mass is 387 g/mol. The molecule has 1 atom stereocenters. The van der Waals surface area contributed by atoms with Gasteiger partial charge in [0.1, 0.15) is 4.90 Å². The van der Waals surface area contributed by atoms with E-state index in [0.717, 1.165) is 17.6 Å².